The maximum absolute atomic E-state index is 12.9. The minimum atomic E-state index is -0.193. The number of likely N-dealkylation sites (tertiary alicyclic amines) is 2. The van der Waals surface area contributed by atoms with Crippen LogP contribution in [0.5, 0.6) is 5.75 Å². The molecule has 1 aromatic rings. The van der Waals surface area contributed by atoms with Gasteiger partial charge in [0.25, 0.3) is 0 Å². The molecule has 0 radical (unpaired) electrons. The van der Waals surface area contributed by atoms with Crippen molar-refractivity contribution in [3.63, 3.8) is 0 Å². The van der Waals surface area contributed by atoms with E-state index in [1.54, 1.807) is 7.11 Å². The first-order chi connectivity index (χ1) is 13.1. The summed E-state index contributed by atoms with van der Waals surface area (Å²) in [7, 11) is 1.64. The molecule has 28 heavy (non-hydrogen) atoms. The Morgan fingerprint density at radius 1 is 1.21 bits per heavy atom. The normalized spacial score (nSPS) is 20.2. The highest BCUT2D eigenvalue weighted by Gasteiger charge is 2.37. The number of methoxy groups -OCH3 is 1. The Morgan fingerprint density at radius 3 is 2.50 bits per heavy atom. The molecule has 0 aliphatic carbocycles. The molecule has 0 saturated carbocycles. The van der Waals surface area contributed by atoms with Crippen molar-refractivity contribution in [3.8, 4) is 5.75 Å². The smallest absolute Gasteiger partial charge is 0.227 e. The summed E-state index contributed by atoms with van der Waals surface area (Å²) in [5.41, 5.74) is 1.06. The summed E-state index contributed by atoms with van der Waals surface area (Å²) < 4.78 is 5.17. The summed E-state index contributed by atoms with van der Waals surface area (Å²) >= 11 is 0. The quantitative estimate of drug-likeness (QED) is 0.750. The van der Waals surface area contributed by atoms with Crippen molar-refractivity contribution in [1.82, 2.24) is 15.1 Å². The summed E-state index contributed by atoms with van der Waals surface area (Å²) in [5.74, 6) is 1.50. The maximum atomic E-state index is 12.9. The van der Waals surface area contributed by atoms with Gasteiger partial charge in [0.05, 0.1) is 13.0 Å². The van der Waals surface area contributed by atoms with Gasteiger partial charge in [-0.3, -0.25) is 9.59 Å². The number of rotatable bonds is 7. The highest BCUT2D eigenvalue weighted by atomic mass is 35.5. The first-order valence-corrected chi connectivity index (χ1v) is 10.0. The zero-order chi connectivity index (χ0) is 19.2. The number of amides is 2. The van der Waals surface area contributed by atoms with Gasteiger partial charge >= 0.3 is 0 Å². The van der Waals surface area contributed by atoms with Gasteiger partial charge in [0.15, 0.2) is 0 Å². The summed E-state index contributed by atoms with van der Waals surface area (Å²) in [4.78, 5) is 29.0. The highest BCUT2D eigenvalue weighted by molar-refractivity contribution is 5.89. The molecular weight excluding hydrogens is 378 g/mol. The average Bonchev–Trinajstić information content (AvgIpc) is 3.07. The van der Waals surface area contributed by atoms with E-state index < -0.39 is 0 Å². The standard InChI is InChI=1S/C21H31N3O3.ClH/c1-3-22-13-16-8-10-23(11-9-16)21(26)18-12-20(25)24(15-18)14-17-4-6-19(27-2)7-5-17;/h4-7,16,18,22H,3,8-15H2,1-2H3;1H. The fourth-order valence-corrected chi connectivity index (χ4v) is 4.01. The number of benzene rings is 1. The molecule has 3 rings (SSSR count). The second-order valence-electron chi connectivity index (χ2n) is 7.60. The summed E-state index contributed by atoms with van der Waals surface area (Å²) in [6.07, 6.45) is 2.44. The Morgan fingerprint density at radius 2 is 1.89 bits per heavy atom. The van der Waals surface area contributed by atoms with Crippen LogP contribution in [-0.2, 0) is 16.1 Å². The molecule has 1 aromatic carbocycles. The Hall–Kier alpha value is -1.79. The third-order valence-electron chi connectivity index (χ3n) is 5.71. The molecule has 2 saturated heterocycles. The molecule has 1 atom stereocenters. The minimum absolute atomic E-state index is 0. The SMILES string of the molecule is CCNCC1CCN(C(=O)C2CC(=O)N(Cc3ccc(OC)cc3)C2)CC1.Cl. The van der Waals surface area contributed by atoms with Gasteiger partial charge in [0.1, 0.15) is 5.75 Å². The molecule has 2 aliphatic heterocycles. The number of piperidine rings is 1. The van der Waals surface area contributed by atoms with Crippen molar-refractivity contribution in [3.05, 3.63) is 29.8 Å². The van der Waals surface area contributed by atoms with Gasteiger partial charge in [-0.2, -0.15) is 0 Å². The monoisotopic (exact) mass is 409 g/mol. The lowest BCUT2D eigenvalue weighted by atomic mass is 9.95. The molecule has 6 nitrogen and oxygen atoms in total. The predicted molar refractivity (Wildman–Crippen MR) is 112 cm³/mol. The van der Waals surface area contributed by atoms with Crippen LogP contribution in [0.15, 0.2) is 24.3 Å². The number of nitrogens with one attached hydrogen (secondary N) is 1. The van der Waals surface area contributed by atoms with Gasteiger partial charge in [0.2, 0.25) is 11.8 Å². The lowest BCUT2D eigenvalue weighted by molar-refractivity contribution is -0.137. The van der Waals surface area contributed by atoms with Gasteiger partial charge < -0.3 is 19.9 Å². The van der Waals surface area contributed by atoms with Crippen molar-refractivity contribution in [2.24, 2.45) is 11.8 Å². The number of hydrogen-bond acceptors (Lipinski definition) is 4. The Labute approximate surface area is 174 Å². The molecular formula is C21H32ClN3O3. The average molecular weight is 410 g/mol. The van der Waals surface area contributed by atoms with E-state index in [9.17, 15) is 9.59 Å². The molecule has 2 fully saturated rings. The number of carbonyl (C=O) groups is 2. The van der Waals surface area contributed by atoms with Crippen molar-refractivity contribution < 1.29 is 14.3 Å². The summed E-state index contributed by atoms with van der Waals surface area (Å²) in [6, 6.07) is 7.73. The van der Waals surface area contributed by atoms with Crippen LogP contribution in [0.4, 0.5) is 0 Å². The highest BCUT2D eigenvalue weighted by Crippen LogP contribution is 2.25. The Balaban J connectivity index is 0.00000280. The van der Waals surface area contributed by atoms with Crippen molar-refractivity contribution in [2.75, 3.05) is 39.8 Å². The first kappa shape index (κ1) is 22.5. The van der Waals surface area contributed by atoms with E-state index in [0.29, 0.717) is 25.4 Å². The molecule has 7 heteroatoms. The van der Waals surface area contributed by atoms with Crippen LogP contribution < -0.4 is 10.1 Å². The number of halogens is 1. The minimum Gasteiger partial charge on any atom is -0.497 e. The molecule has 0 bridgehead atoms. The van der Waals surface area contributed by atoms with Gasteiger partial charge in [-0.25, -0.2) is 0 Å². The van der Waals surface area contributed by atoms with E-state index in [-0.39, 0.29) is 30.1 Å². The maximum Gasteiger partial charge on any atom is 0.227 e. The molecule has 2 aliphatic rings. The summed E-state index contributed by atoms with van der Waals surface area (Å²) in [5, 5.41) is 3.40. The van der Waals surface area contributed by atoms with Crippen molar-refractivity contribution in [1.29, 1.82) is 0 Å². The van der Waals surface area contributed by atoms with E-state index in [0.717, 1.165) is 50.3 Å². The van der Waals surface area contributed by atoms with Crippen LogP contribution in [0, 0.1) is 11.8 Å². The van der Waals surface area contributed by atoms with Gasteiger partial charge in [-0.15, -0.1) is 12.4 Å². The first-order valence-electron chi connectivity index (χ1n) is 10.0. The predicted octanol–water partition coefficient (Wildman–Crippen LogP) is 2.31. The van der Waals surface area contributed by atoms with Gasteiger partial charge in [0, 0.05) is 32.6 Å². The number of nitrogens with zero attached hydrogens (tertiary/aromatic N) is 2. The topological polar surface area (TPSA) is 61.9 Å². The van der Waals surface area contributed by atoms with Crippen LogP contribution in [0.1, 0.15) is 31.7 Å². The largest absolute Gasteiger partial charge is 0.497 e. The third kappa shape index (κ3) is 5.61. The number of ether oxygens (including phenoxy) is 1. The Kier molecular flexibility index (Phi) is 8.58. The van der Waals surface area contributed by atoms with Crippen LogP contribution in [-0.4, -0.2) is 61.4 Å². The lowest BCUT2D eigenvalue weighted by Crippen LogP contribution is -2.44. The number of carbonyl (C=O) groups excluding carboxylic acids is 2. The Bertz CT molecular complexity index is 645. The van der Waals surface area contributed by atoms with Crippen LogP contribution in [0.3, 0.4) is 0 Å². The fraction of sp³-hybridized carbons (Fsp3) is 0.619. The third-order valence-corrected chi connectivity index (χ3v) is 5.71. The van der Waals surface area contributed by atoms with E-state index in [1.807, 2.05) is 34.1 Å². The van der Waals surface area contributed by atoms with E-state index in [4.69, 9.17) is 4.74 Å². The zero-order valence-corrected chi connectivity index (χ0v) is 17.7. The number of hydrogen-bond donors (Lipinski definition) is 1. The van der Waals surface area contributed by atoms with Crippen molar-refractivity contribution >= 4 is 24.2 Å². The molecule has 2 heterocycles. The van der Waals surface area contributed by atoms with E-state index in [2.05, 4.69) is 12.2 Å². The van der Waals surface area contributed by atoms with Crippen LogP contribution in [0.25, 0.3) is 0 Å². The molecule has 1 N–H and O–H groups in total. The molecule has 156 valence electrons. The van der Waals surface area contributed by atoms with Crippen molar-refractivity contribution in [2.45, 2.75) is 32.7 Å². The summed E-state index contributed by atoms with van der Waals surface area (Å²) in [6.45, 7) is 6.87. The molecule has 0 aromatic heterocycles. The van der Waals surface area contributed by atoms with E-state index >= 15 is 0 Å². The molecule has 2 amide bonds. The second-order valence-corrected chi connectivity index (χ2v) is 7.60. The van der Waals surface area contributed by atoms with Crippen LogP contribution >= 0.6 is 12.4 Å². The lowest BCUT2D eigenvalue weighted by Gasteiger charge is -2.33. The van der Waals surface area contributed by atoms with E-state index in [1.165, 1.54) is 0 Å². The molecule has 1 unspecified atom stereocenters. The molecule has 0 spiro atoms. The van der Waals surface area contributed by atoms with Gasteiger partial charge in [-0.1, -0.05) is 19.1 Å². The zero-order valence-electron chi connectivity index (χ0n) is 16.9. The second kappa shape index (κ2) is 10.7. The van der Waals surface area contributed by atoms with Gasteiger partial charge in [-0.05, 0) is 49.5 Å². The van der Waals surface area contributed by atoms with Crippen LogP contribution in [0.2, 0.25) is 0 Å². The fourth-order valence-electron chi connectivity index (χ4n) is 4.01.